The highest BCUT2D eigenvalue weighted by Gasteiger charge is 2.52. The van der Waals surface area contributed by atoms with E-state index in [1.807, 2.05) is 0 Å². The number of hydroxylamine groups is 2. The van der Waals surface area contributed by atoms with Crippen LogP contribution in [-0.2, 0) is 10.4 Å². The van der Waals surface area contributed by atoms with Gasteiger partial charge in [0.15, 0.2) is 0 Å². The number of unbranched alkanes of at least 4 members (excludes halogenated alkanes) is 2. The van der Waals surface area contributed by atoms with Crippen molar-refractivity contribution in [1.29, 1.82) is 0 Å². The van der Waals surface area contributed by atoms with Gasteiger partial charge in [-0.2, -0.15) is 5.06 Å². The van der Waals surface area contributed by atoms with Gasteiger partial charge in [-0.15, -0.1) is 0 Å². The van der Waals surface area contributed by atoms with Crippen LogP contribution in [0.2, 0.25) is 0 Å². The van der Waals surface area contributed by atoms with Crippen LogP contribution in [0.15, 0.2) is 66.2 Å². The highest BCUT2D eigenvalue weighted by Crippen LogP contribution is 2.50. The third-order valence-electron chi connectivity index (χ3n) is 6.27. The van der Waals surface area contributed by atoms with Crippen LogP contribution in [0.3, 0.4) is 0 Å². The van der Waals surface area contributed by atoms with Crippen LogP contribution in [0.25, 0.3) is 6.08 Å². The van der Waals surface area contributed by atoms with E-state index in [0.717, 1.165) is 19.3 Å². The summed E-state index contributed by atoms with van der Waals surface area (Å²) in [5, 5.41) is 2.33. The minimum absolute atomic E-state index is 0.0405. The van der Waals surface area contributed by atoms with Crippen molar-refractivity contribution in [3.05, 3.63) is 77.4 Å². The second-order valence-electron chi connectivity index (χ2n) is 8.17. The molecule has 27 heavy (non-hydrogen) atoms. The minimum Gasteiger partial charge on any atom is -0.290 e. The van der Waals surface area contributed by atoms with Gasteiger partial charge in [0, 0.05) is 0 Å². The lowest BCUT2D eigenvalue weighted by Crippen LogP contribution is -2.39. The number of hydrogen-bond acceptors (Lipinski definition) is 2. The molecule has 0 aromatic heterocycles. The molecule has 2 aromatic rings. The van der Waals surface area contributed by atoms with Crippen molar-refractivity contribution >= 4 is 6.08 Å². The molecule has 2 heterocycles. The van der Waals surface area contributed by atoms with Crippen LogP contribution in [0, 0.1) is 0 Å². The first-order valence-electron chi connectivity index (χ1n) is 10.5. The number of hydrogen-bond donors (Lipinski definition) is 0. The van der Waals surface area contributed by atoms with Gasteiger partial charge in [0.05, 0.1) is 11.6 Å². The highest BCUT2D eigenvalue weighted by atomic mass is 16.7. The van der Waals surface area contributed by atoms with Gasteiger partial charge in [-0.3, -0.25) is 4.84 Å². The van der Waals surface area contributed by atoms with E-state index < -0.39 is 0 Å². The zero-order chi connectivity index (χ0) is 18.7. The lowest BCUT2D eigenvalue weighted by atomic mass is 9.90. The Labute approximate surface area is 163 Å². The average Bonchev–Trinajstić information content (AvgIpc) is 3.22. The molecule has 3 atom stereocenters. The van der Waals surface area contributed by atoms with Gasteiger partial charge in [0.25, 0.3) is 0 Å². The summed E-state index contributed by atoms with van der Waals surface area (Å²) in [6, 6.07) is 22.0. The minimum atomic E-state index is -0.0405. The molecule has 0 radical (unpaired) electrons. The van der Waals surface area contributed by atoms with E-state index in [-0.39, 0.29) is 11.6 Å². The normalized spacial score (nSPS) is 29.3. The second kappa shape index (κ2) is 8.00. The summed E-state index contributed by atoms with van der Waals surface area (Å²) in [7, 11) is 0. The molecule has 2 aliphatic rings. The fourth-order valence-corrected chi connectivity index (χ4v) is 4.69. The Morgan fingerprint density at radius 1 is 1.04 bits per heavy atom. The molecule has 0 spiro atoms. The molecule has 2 heteroatoms. The zero-order valence-corrected chi connectivity index (χ0v) is 16.6. The predicted molar refractivity (Wildman–Crippen MR) is 112 cm³/mol. The van der Waals surface area contributed by atoms with Crippen LogP contribution in [0.4, 0.5) is 0 Å². The summed E-state index contributed by atoms with van der Waals surface area (Å²) in [5.74, 6) is 0. The van der Waals surface area contributed by atoms with Gasteiger partial charge in [-0.25, -0.2) is 0 Å². The molecule has 2 nitrogen and oxygen atoms in total. The Morgan fingerprint density at radius 2 is 1.74 bits per heavy atom. The van der Waals surface area contributed by atoms with Gasteiger partial charge in [0.2, 0.25) is 0 Å². The first kappa shape index (κ1) is 18.5. The molecular formula is C25H31NO. The number of rotatable bonds is 6. The van der Waals surface area contributed by atoms with Gasteiger partial charge in [-0.1, -0.05) is 92.9 Å². The first-order chi connectivity index (χ1) is 13.2. The van der Waals surface area contributed by atoms with Crippen molar-refractivity contribution in [2.75, 3.05) is 0 Å². The Balaban J connectivity index is 1.65. The van der Waals surface area contributed by atoms with Crippen molar-refractivity contribution in [1.82, 2.24) is 5.06 Å². The molecule has 0 saturated carbocycles. The third kappa shape index (κ3) is 3.61. The maximum absolute atomic E-state index is 6.65. The summed E-state index contributed by atoms with van der Waals surface area (Å²) in [5.41, 5.74) is 4.07. The van der Waals surface area contributed by atoms with E-state index in [0.29, 0.717) is 6.04 Å². The Morgan fingerprint density at radius 3 is 2.44 bits per heavy atom. The molecule has 0 N–H and O–H groups in total. The molecule has 142 valence electrons. The van der Waals surface area contributed by atoms with Gasteiger partial charge < -0.3 is 0 Å². The van der Waals surface area contributed by atoms with E-state index in [1.165, 1.54) is 36.0 Å². The van der Waals surface area contributed by atoms with Gasteiger partial charge >= 0.3 is 0 Å². The summed E-state index contributed by atoms with van der Waals surface area (Å²) in [6.45, 7) is 4.61. The van der Waals surface area contributed by atoms with Crippen molar-refractivity contribution in [3.63, 3.8) is 0 Å². The van der Waals surface area contributed by atoms with Crippen molar-refractivity contribution in [3.8, 4) is 0 Å². The van der Waals surface area contributed by atoms with Gasteiger partial charge in [-0.05, 0) is 42.9 Å². The van der Waals surface area contributed by atoms with Crippen molar-refractivity contribution in [2.24, 2.45) is 0 Å². The standard InChI is InChI=1S/C25H31NO/c1-3-4-7-16-24-22(19-20-12-8-5-9-13-20)23-17-18-25(2,26(23)27-24)21-14-10-6-11-15-21/h5-6,8-15,19,23-24H,3-4,7,16-18H2,1-2H3/b22-19+/t23-,24-,25-/m0/s1. The van der Waals surface area contributed by atoms with E-state index in [1.54, 1.807) is 0 Å². The Bertz CT molecular complexity index is 769. The van der Waals surface area contributed by atoms with Gasteiger partial charge in [0.1, 0.15) is 6.10 Å². The van der Waals surface area contributed by atoms with Crippen LogP contribution in [0.1, 0.15) is 63.5 Å². The highest BCUT2D eigenvalue weighted by molar-refractivity contribution is 5.56. The topological polar surface area (TPSA) is 12.5 Å². The van der Waals surface area contributed by atoms with Crippen molar-refractivity contribution in [2.45, 2.75) is 70.1 Å². The number of benzene rings is 2. The second-order valence-corrected chi connectivity index (χ2v) is 8.17. The maximum atomic E-state index is 6.65. The van der Waals surface area contributed by atoms with E-state index in [4.69, 9.17) is 4.84 Å². The zero-order valence-electron chi connectivity index (χ0n) is 16.6. The molecule has 4 rings (SSSR count). The van der Waals surface area contributed by atoms with Crippen LogP contribution >= 0.6 is 0 Å². The van der Waals surface area contributed by atoms with Crippen LogP contribution in [-0.4, -0.2) is 17.2 Å². The largest absolute Gasteiger partial charge is 0.290 e. The Kier molecular flexibility index (Phi) is 5.47. The summed E-state index contributed by atoms with van der Waals surface area (Å²) in [6.07, 6.45) is 9.77. The fourth-order valence-electron chi connectivity index (χ4n) is 4.69. The lowest BCUT2D eigenvalue weighted by Gasteiger charge is -2.34. The lowest BCUT2D eigenvalue weighted by molar-refractivity contribution is -0.206. The van der Waals surface area contributed by atoms with Crippen LogP contribution < -0.4 is 0 Å². The average molecular weight is 362 g/mol. The predicted octanol–water partition coefficient (Wildman–Crippen LogP) is 6.34. The monoisotopic (exact) mass is 361 g/mol. The first-order valence-corrected chi connectivity index (χ1v) is 10.5. The van der Waals surface area contributed by atoms with E-state index >= 15 is 0 Å². The van der Waals surface area contributed by atoms with Crippen molar-refractivity contribution < 1.29 is 4.84 Å². The quantitative estimate of drug-likeness (QED) is 0.556. The smallest absolute Gasteiger partial charge is 0.102 e. The summed E-state index contributed by atoms with van der Waals surface area (Å²) >= 11 is 0. The number of nitrogens with zero attached hydrogens (tertiary/aromatic N) is 1. The summed E-state index contributed by atoms with van der Waals surface area (Å²) in [4.78, 5) is 6.65. The molecule has 2 saturated heterocycles. The molecule has 0 unspecified atom stereocenters. The summed E-state index contributed by atoms with van der Waals surface area (Å²) < 4.78 is 0. The number of fused-ring (bicyclic) bond motifs is 1. The molecular weight excluding hydrogens is 330 g/mol. The fraction of sp³-hybridized carbons (Fsp3) is 0.440. The molecule has 0 aliphatic carbocycles. The third-order valence-corrected chi connectivity index (χ3v) is 6.27. The molecule has 2 aromatic carbocycles. The molecule has 0 bridgehead atoms. The Hall–Kier alpha value is -1.90. The molecule has 0 amide bonds. The van der Waals surface area contributed by atoms with Crippen LogP contribution in [0.5, 0.6) is 0 Å². The van der Waals surface area contributed by atoms with E-state index in [2.05, 4.69) is 85.7 Å². The SMILES string of the molecule is CCCCC[C@@H]1ON2[C@@H](CC[C@@]2(C)c2ccccc2)/C1=C\c1ccccc1. The maximum Gasteiger partial charge on any atom is 0.102 e. The van der Waals surface area contributed by atoms with E-state index in [9.17, 15) is 0 Å². The molecule has 2 aliphatic heterocycles. The molecule has 2 fully saturated rings.